The highest BCUT2D eigenvalue weighted by molar-refractivity contribution is 6.37. The summed E-state index contributed by atoms with van der Waals surface area (Å²) >= 11 is 0. The number of ketones is 2. The van der Waals surface area contributed by atoms with Crippen molar-refractivity contribution in [2.24, 2.45) is 0 Å². The molecule has 7 heteroatoms. The van der Waals surface area contributed by atoms with Crippen LogP contribution >= 0.6 is 0 Å². The van der Waals surface area contributed by atoms with Gasteiger partial charge in [-0.25, -0.2) is 4.79 Å². The summed E-state index contributed by atoms with van der Waals surface area (Å²) in [6, 6.07) is 7.51. The van der Waals surface area contributed by atoms with Crippen molar-refractivity contribution < 1.29 is 23.9 Å². The lowest BCUT2D eigenvalue weighted by Crippen LogP contribution is -2.25. The van der Waals surface area contributed by atoms with E-state index in [0.29, 0.717) is 0 Å². The zero-order valence-corrected chi connectivity index (χ0v) is 15.6. The fraction of sp³-hybridized carbons (Fsp3) is 0.300. The van der Waals surface area contributed by atoms with E-state index in [4.69, 9.17) is 0 Å². The Morgan fingerprint density at radius 2 is 1.85 bits per heavy atom. The molecule has 0 saturated carbocycles. The highest BCUT2D eigenvalue weighted by Crippen LogP contribution is 2.22. The van der Waals surface area contributed by atoms with Crippen LogP contribution in [0.5, 0.6) is 0 Å². The molecule has 0 aliphatic heterocycles. The molecular weight excluding hydrogens is 348 g/mol. The summed E-state index contributed by atoms with van der Waals surface area (Å²) in [4.78, 5) is 48.4. The zero-order chi connectivity index (χ0) is 20.0. The molecule has 1 aromatic carbocycles. The number of Topliss-reactive ketones (excluding diaryl/α,β-unsaturated/α-hetero) is 1. The van der Waals surface area contributed by atoms with Crippen LogP contribution in [0.3, 0.4) is 0 Å². The number of hydrogen-bond acceptors (Lipinski definition) is 5. The summed E-state index contributed by atoms with van der Waals surface area (Å²) < 4.78 is 6.39. The maximum absolute atomic E-state index is 12.0. The number of rotatable bonds is 8. The quantitative estimate of drug-likeness (QED) is 0.306. The molecule has 142 valence electrons. The molecule has 7 nitrogen and oxygen atoms in total. The second-order valence-corrected chi connectivity index (χ2v) is 6.14. The van der Waals surface area contributed by atoms with Gasteiger partial charge < -0.3 is 14.2 Å². The Hall–Kier alpha value is -3.22. The van der Waals surface area contributed by atoms with Gasteiger partial charge in [-0.3, -0.25) is 14.4 Å². The van der Waals surface area contributed by atoms with Crippen molar-refractivity contribution in [2.45, 2.75) is 19.9 Å². The van der Waals surface area contributed by atoms with Crippen molar-refractivity contribution in [2.75, 3.05) is 20.7 Å². The summed E-state index contributed by atoms with van der Waals surface area (Å²) in [5, 5.41) is 0.879. The SMILES string of the molecule is CCOC(=O)C(=O)CC(=O)/C=C/c1cn(CC(=O)N(C)C)c2ccccc12. The average molecular weight is 370 g/mol. The molecule has 0 bridgehead atoms. The van der Waals surface area contributed by atoms with Gasteiger partial charge in [0.15, 0.2) is 5.78 Å². The Labute approximate surface area is 157 Å². The largest absolute Gasteiger partial charge is 0.460 e. The number of ether oxygens (including phenoxy) is 1. The molecule has 0 radical (unpaired) electrons. The molecule has 2 aromatic rings. The van der Waals surface area contributed by atoms with Crippen LogP contribution in [0, 0.1) is 0 Å². The molecule has 27 heavy (non-hydrogen) atoms. The number of nitrogens with zero attached hydrogens (tertiary/aromatic N) is 2. The number of carbonyl (C=O) groups excluding carboxylic acids is 4. The first-order chi connectivity index (χ1) is 12.8. The van der Waals surface area contributed by atoms with Crippen LogP contribution in [0.25, 0.3) is 17.0 Å². The molecule has 0 unspecified atom stereocenters. The van der Waals surface area contributed by atoms with E-state index in [2.05, 4.69) is 4.74 Å². The van der Waals surface area contributed by atoms with Crippen molar-refractivity contribution in [3.63, 3.8) is 0 Å². The molecule has 1 aromatic heterocycles. The van der Waals surface area contributed by atoms with Crippen LogP contribution in [0.4, 0.5) is 0 Å². The van der Waals surface area contributed by atoms with E-state index in [0.717, 1.165) is 16.5 Å². The first-order valence-corrected chi connectivity index (χ1v) is 8.52. The van der Waals surface area contributed by atoms with Crippen molar-refractivity contribution in [3.8, 4) is 0 Å². The summed E-state index contributed by atoms with van der Waals surface area (Å²) in [6.07, 6.45) is 4.09. The zero-order valence-electron chi connectivity index (χ0n) is 15.6. The molecule has 0 spiro atoms. The Morgan fingerprint density at radius 3 is 2.52 bits per heavy atom. The average Bonchev–Trinajstić information content (AvgIpc) is 2.98. The smallest absolute Gasteiger partial charge is 0.375 e. The Morgan fingerprint density at radius 1 is 1.15 bits per heavy atom. The van der Waals surface area contributed by atoms with Gasteiger partial charge in [0.1, 0.15) is 6.54 Å². The number of esters is 1. The highest BCUT2D eigenvalue weighted by Gasteiger charge is 2.17. The van der Waals surface area contributed by atoms with Crippen LogP contribution in [0.2, 0.25) is 0 Å². The van der Waals surface area contributed by atoms with E-state index in [1.165, 1.54) is 11.0 Å². The lowest BCUT2D eigenvalue weighted by Gasteiger charge is -2.11. The third kappa shape index (κ3) is 5.13. The standard InChI is InChI=1S/C20H22N2O5/c1-4-27-20(26)18(24)11-15(23)10-9-14-12-22(13-19(25)21(2)3)17-8-6-5-7-16(14)17/h5-10,12H,4,11,13H2,1-3H3/b10-9+. The number of benzene rings is 1. The summed E-state index contributed by atoms with van der Waals surface area (Å²) in [7, 11) is 3.38. The summed E-state index contributed by atoms with van der Waals surface area (Å²) in [5.41, 5.74) is 1.61. The van der Waals surface area contributed by atoms with Gasteiger partial charge in [0.05, 0.1) is 13.0 Å². The molecule has 0 saturated heterocycles. The Balaban J connectivity index is 2.20. The Kier molecular flexibility index (Phi) is 6.65. The number of allylic oxidation sites excluding steroid dienone is 1. The molecule has 0 fully saturated rings. The van der Waals surface area contributed by atoms with E-state index < -0.39 is 24.0 Å². The molecule has 0 N–H and O–H groups in total. The third-order valence-electron chi connectivity index (χ3n) is 3.91. The van der Waals surface area contributed by atoms with Gasteiger partial charge in [0.25, 0.3) is 0 Å². The van der Waals surface area contributed by atoms with E-state index in [9.17, 15) is 19.2 Å². The van der Waals surface area contributed by atoms with Crippen molar-refractivity contribution >= 4 is 40.4 Å². The van der Waals surface area contributed by atoms with Gasteiger partial charge in [0.2, 0.25) is 11.7 Å². The third-order valence-corrected chi connectivity index (χ3v) is 3.91. The predicted octanol–water partition coefficient (Wildman–Crippen LogP) is 1.83. The minimum atomic E-state index is -1.00. The van der Waals surface area contributed by atoms with Gasteiger partial charge in [-0.15, -0.1) is 0 Å². The monoisotopic (exact) mass is 370 g/mol. The molecular formula is C20H22N2O5. The molecule has 0 atom stereocenters. The van der Waals surface area contributed by atoms with E-state index in [1.807, 2.05) is 28.8 Å². The predicted molar refractivity (Wildman–Crippen MR) is 101 cm³/mol. The van der Waals surface area contributed by atoms with Gasteiger partial charge in [-0.2, -0.15) is 0 Å². The fourth-order valence-electron chi connectivity index (χ4n) is 2.51. The van der Waals surface area contributed by atoms with Crippen LogP contribution in [-0.4, -0.2) is 53.6 Å². The highest BCUT2D eigenvalue weighted by atomic mass is 16.5. The topological polar surface area (TPSA) is 85.7 Å². The van der Waals surface area contributed by atoms with Crippen LogP contribution < -0.4 is 0 Å². The first kappa shape index (κ1) is 20.1. The molecule has 0 aliphatic rings. The van der Waals surface area contributed by atoms with Gasteiger partial charge >= 0.3 is 5.97 Å². The number of amides is 1. The minimum Gasteiger partial charge on any atom is -0.460 e. The maximum atomic E-state index is 12.0. The van der Waals surface area contributed by atoms with Crippen LogP contribution in [0.15, 0.2) is 36.5 Å². The normalized spacial score (nSPS) is 10.9. The molecule has 1 heterocycles. The number of fused-ring (bicyclic) bond motifs is 1. The van der Waals surface area contributed by atoms with E-state index >= 15 is 0 Å². The van der Waals surface area contributed by atoms with Crippen LogP contribution in [0.1, 0.15) is 18.9 Å². The number of carbonyl (C=O) groups is 4. The van der Waals surface area contributed by atoms with E-state index in [1.54, 1.807) is 33.3 Å². The number of likely N-dealkylation sites (N-methyl/N-ethyl adjacent to an activating group) is 1. The maximum Gasteiger partial charge on any atom is 0.375 e. The summed E-state index contributed by atoms with van der Waals surface area (Å²) in [6.45, 7) is 1.85. The molecule has 0 aliphatic carbocycles. The number of hydrogen-bond donors (Lipinski definition) is 0. The first-order valence-electron chi connectivity index (χ1n) is 8.52. The lowest BCUT2D eigenvalue weighted by atomic mass is 10.1. The molecule has 2 rings (SSSR count). The van der Waals surface area contributed by atoms with Crippen molar-refractivity contribution in [1.29, 1.82) is 0 Å². The minimum absolute atomic E-state index is 0.0533. The fourth-order valence-corrected chi connectivity index (χ4v) is 2.51. The van der Waals surface area contributed by atoms with Crippen LogP contribution in [-0.2, 0) is 30.5 Å². The lowest BCUT2D eigenvalue weighted by molar-refractivity contribution is -0.154. The second kappa shape index (κ2) is 8.93. The molecule has 1 amide bonds. The van der Waals surface area contributed by atoms with Gasteiger partial charge in [-0.1, -0.05) is 18.2 Å². The van der Waals surface area contributed by atoms with Gasteiger partial charge in [0, 0.05) is 36.8 Å². The number of para-hydroxylation sites is 1. The van der Waals surface area contributed by atoms with E-state index in [-0.39, 0.29) is 19.1 Å². The summed E-state index contributed by atoms with van der Waals surface area (Å²) in [5.74, 6) is -2.42. The van der Waals surface area contributed by atoms with Crippen molar-refractivity contribution in [3.05, 3.63) is 42.1 Å². The van der Waals surface area contributed by atoms with Crippen molar-refractivity contribution in [1.82, 2.24) is 9.47 Å². The van der Waals surface area contributed by atoms with Gasteiger partial charge in [-0.05, 0) is 25.1 Å². The second-order valence-electron chi connectivity index (χ2n) is 6.14. The number of aromatic nitrogens is 1. The Bertz CT molecular complexity index is 908.